The van der Waals surface area contributed by atoms with Gasteiger partial charge in [-0.3, -0.25) is 0 Å². The van der Waals surface area contributed by atoms with E-state index < -0.39 is 15.7 Å². The Morgan fingerprint density at radius 3 is 2.71 bits per heavy atom. The second-order valence-electron chi connectivity index (χ2n) is 3.47. The maximum absolute atomic E-state index is 13.4. The zero-order chi connectivity index (χ0) is 12.9. The van der Waals surface area contributed by atoms with Gasteiger partial charge in [-0.25, -0.2) is 12.8 Å². The molecule has 1 rings (SSSR count). The highest BCUT2D eigenvalue weighted by atomic mass is 32.2. The Balaban J connectivity index is 2.70. The molecule has 6 heteroatoms. The van der Waals surface area contributed by atoms with Crippen LogP contribution in [0, 0.1) is 5.82 Å². The maximum atomic E-state index is 13.4. The summed E-state index contributed by atoms with van der Waals surface area (Å²) in [7, 11) is -3.13. The van der Waals surface area contributed by atoms with Crippen molar-refractivity contribution in [3.05, 3.63) is 29.6 Å². The van der Waals surface area contributed by atoms with Crippen LogP contribution in [0.15, 0.2) is 18.2 Å². The predicted octanol–water partition coefficient (Wildman–Crippen LogP) is 1.13. The van der Waals surface area contributed by atoms with E-state index in [4.69, 9.17) is 9.84 Å². The zero-order valence-electron chi connectivity index (χ0n) is 9.52. The topological polar surface area (TPSA) is 63.6 Å². The van der Waals surface area contributed by atoms with E-state index in [1.807, 2.05) is 0 Å². The van der Waals surface area contributed by atoms with E-state index in [0.717, 1.165) is 0 Å². The standard InChI is InChI=1S/C11H15FO4S/c1-2-17(14,15)7-6-16-11-9(8-13)4-3-5-10(11)12/h3-5,13H,2,6-8H2,1H3. The molecule has 0 aromatic heterocycles. The largest absolute Gasteiger partial charge is 0.489 e. The van der Waals surface area contributed by atoms with E-state index >= 15 is 0 Å². The number of ether oxygens (including phenoxy) is 1. The van der Waals surface area contributed by atoms with Gasteiger partial charge < -0.3 is 9.84 Å². The van der Waals surface area contributed by atoms with Gasteiger partial charge in [0.2, 0.25) is 0 Å². The maximum Gasteiger partial charge on any atom is 0.165 e. The molecular formula is C11H15FO4S. The molecule has 4 nitrogen and oxygen atoms in total. The van der Waals surface area contributed by atoms with Crippen LogP contribution in [0.25, 0.3) is 0 Å². The Morgan fingerprint density at radius 1 is 1.41 bits per heavy atom. The summed E-state index contributed by atoms with van der Waals surface area (Å²) in [5, 5.41) is 8.98. The lowest BCUT2D eigenvalue weighted by Crippen LogP contribution is -2.16. The van der Waals surface area contributed by atoms with Gasteiger partial charge in [-0.1, -0.05) is 19.1 Å². The highest BCUT2D eigenvalue weighted by Gasteiger charge is 2.12. The van der Waals surface area contributed by atoms with Crippen molar-refractivity contribution >= 4 is 9.84 Å². The lowest BCUT2D eigenvalue weighted by atomic mass is 10.2. The molecule has 0 saturated heterocycles. The lowest BCUT2D eigenvalue weighted by Gasteiger charge is -2.10. The van der Waals surface area contributed by atoms with Crippen molar-refractivity contribution in [1.29, 1.82) is 0 Å². The molecule has 0 atom stereocenters. The molecule has 0 aliphatic carbocycles. The molecular weight excluding hydrogens is 247 g/mol. The van der Waals surface area contributed by atoms with Gasteiger partial charge in [0.25, 0.3) is 0 Å². The lowest BCUT2D eigenvalue weighted by molar-refractivity contribution is 0.262. The summed E-state index contributed by atoms with van der Waals surface area (Å²) < 4.78 is 40.8. The Labute approximate surface area is 100.0 Å². The van der Waals surface area contributed by atoms with Crippen LogP contribution in [0.2, 0.25) is 0 Å². The smallest absolute Gasteiger partial charge is 0.165 e. The van der Waals surface area contributed by atoms with Crippen molar-refractivity contribution in [2.24, 2.45) is 0 Å². The molecule has 0 fully saturated rings. The zero-order valence-corrected chi connectivity index (χ0v) is 10.3. The number of hydrogen-bond donors (Lipinski definition) is 1. The molecule has 1 N–H and O–H groups in total. The molecule has 17 heavy (non-hydrogen) atoms. The number of sulfone groups is 1. The van der Waals surface area contributed by atoms with E-state index in [1.54, 1.807) is 0 Å². The molecule has 0 radical (unpaired) electrons. The van der Waals surface area contributed by atoms with Crippen LogP contribution in [0.1, 0.15) is 12.5 Å². The summed E-state index contributed by atoms with van der Waals surface area (Å²) in [5.41, 5.74) is 0.305. The average Bonchev–Trinajstić information content (AvgIpc) is 2.31. The number of aliphatic hydroxyl groups excluding tert-OH is 1. The number of aliphatic hydroxyl groups is 1. The Kier molecular flexibility index (Phi) is 4.89. The predicted molar refractivity (Wildman–Crippen MR) is 62.1 cm³/mol. The fraction of sp³-hybridized carbons (Fsp3) is 0.455. The van der Waals surface area contributed by atoms with Gasteiger partial charge in [-0.05, 0) is 6.07 Å². The molecule has 0 aliphatic heterocycles. The van der Waals surface area contributed by atoms with Crippen molar-refractivity contribution in [3.8, 4) is 5.75 Å². The minimum Gasteiger partial charge on any atom is -0.489 e. The van der Waals surface area contributed by atoms with Crippen LogP contribution in [0.4, 0.5) is 4.39 Å². The molecule has 0 bridgehead atoms. The van der Waals surface area contributed by atoms with Crippen LogP contribution in [-0.4, -0.2) is 31.6 Å². The third-order valence-corrected chi connectivity index (χ3v) is 3.97. The molecule has 1 aromatic carbocycles. The van der Waals surface area contributed by atoms with Crippen molar-refractivity contribution in [3.63, 3.8) is 0 Å². The van der Waals surface area contributed by atoms with Gasteiger partial charge in [-0.15, -0.1) is 0 Å². The second kappa shape index (κ2) is 5.97. The van der Waals surface area contributed by atoms with E-state index in [0.29, 0.717) is 5.56 Å². The molecule has 1 aromatic rings. The van der Waals surface area contributed by atoms with Gasteiger partial charge in [0.1, 0.15) is 6.61 Å². The first-order valence-corrected chi connectivity index (χ1v) is 7.03. The highest BCUT2D eigenvalue weighted by Crippen LogP contribution is 2.22. The van der Waals surface area contributed by atoms with Gasteiger partial charge in [0.05, 0.1) is 12.4 Å². The quantitative estimate of drug-likeness (QED) is 0.834. The van der Waals surface area contributed by atoms with Gasteiger partial charge in [-0.2, -0.15) is 0 Å². The third kappa shape index (κ3) is 3.98. The first kappa shape index (κ1) is 13.9. The summed E-state index contributed by atoms with van der Waals surface area (Å²) in [6.07, 6.45) is 0. The fourth-order valence-corrected chi connectivity index (χ4v) is 1.88. The second-order valence-corrected chi connectivity index (χ2v) is 5.94. The number of rotatable bonds is 6. The minimum absolute atomic E-state index is 0.0283. The number of halogens is 1. The van der Waals surface area contributed by atoms with Crippen molar-refractivity contribution < 1.29 is 22.7 Å². The number of para-hydroxylation sites is 1. The fourth-order valence-electron chi connectivity index (χ4n) is 1.25. The summed E-state index contributed by atoms with van der Waals surface area (Å²) in [4.78, 5) is 0. The summed E-state index contributed by atoms with van der Waals surface area (Å²) in [6.45, 7) is 1.06. The molecule has 0 amide bonds. The van der Waals surface area contributed by atoms with Crippen molar-refractivity contribution in [1.82, 2.24) is 0 Å². The van der Waals surface area contributed by atoms with E-state index in [1.165, 1.54) is 25.1 Å². The first-order chi connectivity index (χ1) is 8.00. The monoisotopic (exact) mass is 262 g/mol. The summed E-state index contributed by atoms with van der Waals surface area (Å²) >= 11 is 0. The number of benzene rings is 1. The molecule has 0 heterocycles. The Bertz CT molecular complexity index is 470. The Hall–Kier alpha value is -1.14. The van der Waals surface area contributed by atoms with Crippen LogP contribution in [-0.2, 0) is 16.4 Å². The third-order valence-electron chi connectivity index (χ3n) is 2.30. The number of hydrogen-bond acceptors (Lipinski definition) is 4. The SMILES string of the molecule is CCS(=O)(=O)CCOc1c(F)cccc1CO. The molecule has 0 aliphatic rings. The van der Waals surface area contributed by atoms with Gasteiger partial charge >= 0.3 is 0 Å². The van der Waals surface area contributed by atoms with Crippen LogP contribution in [0.5, 0.6) is 5.75 Å². The van der Waals surface area contributed by atoms with Crippen molar-refractivity contribution in [2.45, 2.75) is 13.5 Å². The summed E-state index contributed by atoms with van der Waals surface area (Å²) in [6, 6.07) is 4.17. The molecule has 0 unspecified atom stereocenters. The van der Waals surface area contributed by atoms with E-state index in [2.05, 4.69) is 0 Å². The van der Waals surface area contributed by atoms with Crippen molar-refractivity contribution in [2.75, 3.05) is 18.1 Å². The van der Waals surface area contributed by atoms with E-state index in [-0.39, 0.29) is 30.5 Å². The molecule has 0 saturated carbocycles. The van der Waals surface area contributed by atoms with Gasteiger partial charge in [0, 0.05) is 11.3 Å². The highest BCUT2D eigenvalue weighted by molar-refractivity contribution is 7.91. The summed E-state index contributed by atoms with van der Waals surface area (Å²) in [5.74, 6) is -0.824. The minimum atomic E-state index is -3.13. The first-order valence-electron chi connectivity index (χ1n) is 5.21. The van der Waals surface area contributed by atoms with Crippen LogP contribution in [0.3, 0.4) is 0 Å². The Morgan fingerprint density at radius 2 is 2.12 bits per heavy atom. The van der Waals surface area contributed by atoms with E-state index in [9.17, 15) is 12.8 Å². The van der Waals surface area contributed by atoms with Crippen LogP contribution < -0.4 is 4.74 Å². The molecule has 0 spiro atoms. The molecule has 96 valence electrons. The van der Waals surface area contributed by atoms with Crippen LogP contribution >= 0.6 is 0 Å². The normalized spacial score (nSPS) is 11.5. The average molecular weight is 262 g/mol. The van der Waals surface area contributed by atoms with Gasteiger partial charge in [0.15, 0.2) is 21.4 Å².